The maximum Gasteiger partial charge on any atom is 0.125 e. The monoisotopic (exact) mass is 362 g/mol. The molecule has 1 aromatic rings. The molecule has 26 heavy (non-hydrogen) atoms. The summed E-state index contributed by atoms with van der Waals surface area (Å²) in [7, 11) is 0. The molecule has 3 heteroatoms. The van der Waals surface area contributed by atoms with Gasteiger partial charge in [0.25, 0.3) is 0 Å². The first-order chi connectivity index (χ1) is 12.3. The van der Waals surface area contributed by atoms with Gasteiger partial charge in [0.2, 0.25) is 0 Å². The van der Waals surface area contributed by atoms with Crippen LogP contribution >= 0.6 is 0 Å². The van der Waals surface area contributed by atoms with E-state index in [0.717, 1.165) is 19.1 Å². The lowest BCUT2D eigenvalue weighted by Gasteiger charge is -2.16. The Balaban J connectivity index is 0.000000642. The second-order valence-corrected chi connectivity index (χ2v) is 8.36. The van der Waals surface area contributed by atoms with Crippen molar-refractivity contribution in [3.05, 3.63) is 35.9 Å². The highest BCUT2D eigenvalue weighted by molar-refractivity contribution is 5.57. The number of nitrogens with two attached hydrogens (primary N) is 2. The number of hydrogen-bond donors (Lipinski definition) is 2. The molecule has 0 bridgehead atoms. The van der Waals surface area contributed by atoms with Gasteiger partial charge in [-0.2, -0.15) is 0 Å². The molecule has 150 valence electrons. The predicted molar refractivity (Wildman–Crippen MR) is 114 cm³/mol. The van der Waals surface area contributed by atoms with Gasteiger partial charge in [0, 0.05) is 18.0 Å². The molecular formula is C23H42N2O. The maximum atomic E-state index is 10.7. The Morgan fingerprint density at radius 2 is 1.50 bits per heavy atom. The fraction of sp³-hybridized carbons (Fsp3) is 0.696. The van der Waals surface area contributed by atoms with E-state index in [9.17, 15) is 4.79 Å². The number of hydrogen-bond acceptors (Lipinski definition) is 3. The minimum atomic E-state index is -0.121. The summed E-state index contributed by atoms with van der Waals surface area (Å²) in [5.41, 5.74) is 12.4. The van der Waals surface area contributed by atoms with Crippen LogP contribution < -0.4 is 11.5 Å². The van der Waals surface area contributed by atoms with Crippen molar-refractivity contribution in [2.75, 3.05) is 0 Å². The van der Waals surface area contributed by atoms with E-state index in [0.29, 0.717) is 18.5 Å². The molecular weight excluding hydrogens is 320 g/mol. The van der Waals surface area contributed by atoms with Gasteiger partial charge >= 0.3 is 0 Å². The van der Waals surface area contributed by atoms with Gasteiger partial charge in [0.1, 0.15) is 6.29 Å². The average Bonchev–Trinajstić information content (AvgIpc) is 2.64. The zero-order valence-corrected chi connectivity index (χ0v) is 17.5. The first-order valence-corrected chi connectivity index (χ1v) is 10.3. The van der Waals surface area contributed by atoms with Crippen LogP contribution in [-0.4, -0.2) is 12.3 Å². The Morgan fingerprint density at radius 3 is 1.96 bits per heavy atom. The number of rotatable bonds is 12. The topological polar surface area (TPSA) is 69.1 Å². The SMILES string of the molecule is CC(C)C(N)CCCCCCCCC(C)(C)C=O.NCc1ccccc1. The number of benzene rings is 1. The fourth-order valence-electron chi connectivity index (χ4n) is 2.67. The number of aldehydes is 1. The van der Waals surface area contributed by atoms with Crippen molar-refractivity contribution >= 4 is 6.29 Å². The molecule has 1 rings (SSSR count). The molecule has 0 aliphatic carbocycles. The first-order valence-electron chi connectivity index (χ1n) is 10.3. The normalized spacial score (nSPS) is 12.4. The molecule has 0 saturated carbocycles. The Hall–Kier alpha value is -1.19. The van der Waals surface area contributed by atoms with Crippen LogP contribution in [0.2, 0.25) is 0 Å². The number of carbonyl (C=O) groups is 1. The molecule has 1 unspecified atom stereocenters. The molecule has 0 radical (unpaired) electrons. The third-order valence-corrected chi connectivity index (χ3v) is 4.86. The van der Waals surface area contributed by atoms with Crippen molar-refractivity contribution in [1.29, 1.82) is 0 Å². The summed E-state index contributed by atoms with van der Waals surface area (Å²) in [6.45, 7) is 9.07. The summed E-state index contributed by atoms with van der Waals surface area (Å²) in [6.07, 6.45) is 10.9. The van der Waals surface area contributed by atoms with Crippen molar-refractivity contribution in [2.24, 2.45) is 22.8 Å². The van der Waals surface area contributed by atoms with E-state index in [1.165, 1.54) is 44.1 Å². The van der Waals surface area contributed by atoms with E-state index >= 15 is 0 Å². The summed E-state index contributed by atoms with van der Waals surface area (Å²) in [5, 5.41) is 0. The highest BCUT2D eigenvalue weighted by Gasteiger charge is 2.15. The molecule has 0 heterocycles. The van der Waals surface area contributed by atoms with Crippen LogP contribution in [0.4, 0.5) is 0 Å². The van der Waals surface area contributed by atoms with Crippen LogP contribution in [0.1, 0.15) is 84.6 Å². The standard InChI is InChI=1S/C16H33NO.C7H9N/c1-14(2)15(17)11-9-7-5-6-8-10-12-16(3,4)13-18;8-6-7-4-2-1-3-5-7/h13-15H,5-12,17H2,1-4H3;1-5H,6,8H2. The molecule has 3 nitrogen and oxygen atoms in total. The summed E-state index contributed by atoms with van der Waals surface area (Å²) in [5.74, 6) is 0.607. The molecule has 1 atom stereocenters. The largest absolute Gasteiger partial charge is 0.327 e. The van der Waals surface area contributed by atoms with E-state index in [1.807, 2.05) is 44.2 Å². The molecule has 0 aliphatic heterocycles. The average molecular weight is 363 g/mol. The summed E-state index contributed by atoms with van der Waals surface area (Å²) < 4.78 is 0. The van der Waals surface area contributed by atoms with E-state index in [1.54, 1.807) is 0 Å². The minimum Gasteiger partial charge on any atom is -0.327 e. The molecule has 0 saturated heterocycles. The zero-order chi connectivity index (χ0) is 19.8. The van der Waals surface area contributed by atoms with Gasteiger partial charge in [-0.05, 0) is 24.3 Å². The molecule has 0 aromatic heterocycles. The summed E-state index contributed by atoms with van der Waals surface area (Å²) >= 11 is 0. The van der Waals surface area contributed by atoms with Gasteiger partial charge in [-0.15, -0.1) is 0 Å². The zero-order valence-electron chi connectivity index (χ0n) is 17.5. The second kappa shape index (κ2) is 14.9. The van der Waals surface area contributed by atoms with Crippen LogP contribution in [0, 0.1) is 11.3 Å². The van der Waals surface area contributed by atoms with Crippen molar-refractivity contribution in [3.63, 3.8) is 0 Å². The van der Waals surface area contributed by atoms with E-state index in [2.05, 4.69) is 13.8 Å². The smallest absolute Gasteiger partial charge is 0.125 e. The van der Waals surface area contributed by atoms with Crippen molar-refractivity contribution in [1.82, 2.24) is 0 Å². The van der Waals surface area contributed by atoms with E-state index in [-0.39, 0.29) is 5.41 Å². The predicted octanol–water partition coefficient (Wildman–Crippen LogP) is 5.46. The highest BCUT2D eigenvalue weighted by atomic mass is 16.1. The third-order valence-electron chi connectivity index (χ3n) is 4.86. The lowest BCUT2D eigenvalue weighted by Crippen LogP contribution is -2.25. The Bertz CT molecular complexity index is 443. The van der Waals surface area contributed by atoms with Crippen molar-refractivity contribution in [3.8, 4) is 0 Å². The minimum absolute atomic E-state index is 0.121. The van der Waals surface area contributed by atoms with E-state index < -0.39 is 0 Å². The number of unbranched alkanes of at least 4 members (excludes halogenated alkanes) is 5. The molecule has 0 amide bonds. The Labute approximate surface area is 161 Å². The maximum absolute atomic E-state index is 10.7. The molecule has 0 aliphatic rings. The van der Waals surface area contributed by atoms with Crippen molar-refractivity contribution in [2.45, 2.75) is 91.6 Å². The van der Waals surface area contributed by atoms with Gasteiger partial charge in [-0.25, -0.2) is 0 Å². The third kappa shape index (κ3) is 14.0. The van der Waals surface area contributed by atoms with Crippen LogP contribution in [-0.2, 0) is 11.3 Å². The van der Waals surface area contributed by atoms with Gasteiger partial charge in [-0.1, -0.05) is 96.6 Å². The van der Waals surface area contributed by atoms with Crippen LogP contribution in [0.15, 0.2) is 30.3 Å². The van der Waals surface area contributed by atoms with Gasteiger partial charge in [0.05, 0.1) is 0 Å². The molecule has 0 fully saturated rings. The summed E-state index contributed by atoms with van der Waals surface area (Å²) in [6, 6.07) is 10.4. The van der Waals surface area contributed by atoms with Crippen LogP contribution in [0.25, 0.3) is 0 Å². The Kier molecular flexibility index (Phi) is 14.2. The fourth-order valence-corrected chi connectivity index (χ4v) is 2.67. The molecule has 4 N–H and O–H groups in total. The highest BCUT2D eigenvalue weighted by Crippen LogP contribution is 2.21. The van der Waals surface area contributed by atoms with Crippen LogP contribution in [0.5, 0.6) is 0 Å². The summed E-state index contributed by atoms with van der Waals surface area (Å²) in [4.78, 5) is 10.7. The lowest BCUT2D eigenvalue weighted by molar-refractivity contribution is -0.115. The van der Waals surface area contributed by atoms with Gasteiger partial charge in [-0.3, -0.25) is 0 Å². The Morgan fingerprint density at radius 1 is 0.962 bits per heavy atom. The molecule has 0 spiro atoms. The van der Waals surface area contributed by atoms with Gasteiger partial charge in [0.15, 0.2) is 0 Å². The van der Waals surface area contributed by atoms with Crippen molar-refractivity contribution < 1.29 is 4.79 Å². The van der Waals surface area contributed by atoms with Crippen LogP contribution in [0.3, 0.4) is 0 Å². The van der Waals surface area contributed by atoms with E-state index in [4.69, 9.17) is 11.5 Å². The van der Waals surface area contributed by atoms with Gasteiger partial charge < -0.3 is 16.3 Å². The first kappa shape index (κ1) is 24.8. The molecule has 1 aromatic carbocycles. The number of carbonyl (C=O) groups excluding carboxylic acids is 1. The lowest BCUT2D eigenvalue weighted by atomic mass is 9.88. The second-order valence-electron chi connectivity index (χ2n) is 8.36. The quantitative estimate of drug-likeness (QED) is 0.383.